The fraction of sp³-hybridized carbons (Fsp3) is 0.231. The number of hydrogen-bond acceptors (Lipinski definition) is 4. The highest BCUT2D eigenvalue weighted by atomic mass is 32.1. The molecule has 0 bridgehead atoms. The van der Waals surface area contributed by atoms with Crippen molar-refractivity contribution in [3.8, 4) is 0 Å². The van der Waals surface area contributed by atoms with Crippen molar-refractivity contribution in [3.05, 3.63) is 46.4 Å². The zero-order valence-corrected chi connectivity index (χ0v) is 10.5. The van der Waals surface area contributed by atoms with Crippen LogP contribution in [-0.4, -0.2) is 17.3 Å². The van der Waals surface area contributed by atoms with Crippen molar-refractivity contribution in [2.24, 2.45) is 0 Å². The van der Waals surface area contributed by atoms with E-state index in [0.717, 1.165) is 29.2 Å². The summed E-state index contributed by atoms with van der Waals surface area (Å²) >= 11 is 1.67. The van der Waals surface area contributed by atoms with E-state index in [4.69, 9.17) is 0 Å². The number of hydrogen-bond donors (Lipinski definition) is 1. The first-order valence-corrected chi connectivity index (χ1v) is 6.37. The van der Waals surface area contributed by atoms with Crippen LogP contribution in [0.1, 0.15) is 22.3 Å². The summed E-state index contributed by atoms with van der Waals surface area (Å²) in [6.07, 6.45) is 2.74. The molecule has 0 saturated heterocycles. The van der Waals surface area contributed by atoms with Gasteiger partial charge in [-0.3, -0.25) is 4.79 Å². The molecule has 0 aliphatic rings. The molecule has 0 atom stereocenters. The molecule has 1 aromatic carbocycles. The number of Topliss-reactive ketones (excluding diaryl/α,β-unsaturated/α-hetero) is 1. The summed E-state index contributed by atoms with van der Waals surface area (Å²) in [6.45, 7) is 2.43. The van der Waals surface area contributed by atoms with Crippen LogP contribution in [-0.2, 0) is 6.42 Å². The SMILES string of the molecule is CC(=O)c1ccc(NCCc2nccs2)cc1. The lowest BCUT2D eigenvalue weighted by atomic mass is 10.1. The van der Waals surface area contributed by atoms with Gasteiger partial charge in [0.2, 0.25) is 0 Å². The van der Waals surface area contributed by atoms with E-state index in [2.05, 4.69) is 10.3 Å². The zero-order chi connectivity index (χ0) is 12.1. The molecule has 4 heteroatoms. The van der Waals surface area contributed by atoms with Crippen molar-refractivity contribution < 1.29 is 4.79 Å². The average molecular weight is 246 g/mol. The van der Waals surface area contributed by atoms with Crippen molar-refractivity contribution in [2.45, 2.75) is 13.3 Å². The van der Waals surface area contributed by atoms with E-state index in [-0.39, 0.29) is 5.78 Å². The van der Waals surface area contributed by atoms with Crippen molar-refractivity contribution in [2.75, 3.05) is 11.9 Å². The van der Waals surface area contributed by atoms with E-state index in [0.29, 0.717) is 0 Å². The lowest BCUT2D eigenvalue weighted by Gasteiger charge is -2.05. The number of nitrogens with one attached hydrogen (secondary N) is 1. The average Bonchev–Trinajstić information content (AvgIpc) is 2.83. The summed E-state index contributed by atoms with van der Waals surface area (Å²) in [5, 5.41) is 6.42. The summed E-state index contributed by atoms with van der Waals surface area (Å²) < 4.78 is 0. The van der Waals surface area contributed by atoms with Crippen molar-refractivity contribution >= 4 is 22.8 Å². The summed E-state index contributed by atoms with van der Waals surface area (Å²) in [4.78, 5) is 15.3. The standard InChI is InChI=1S/C13H14N2OS/c1-10(16)11-2-4-12(5-3-11)14-7-6-13-15-8-9-17-13/h2-5,8-9,14H,6-7H2,1H3. The Morgan fingerprint density at radius 2 is 2.12 bits per heavy atom. The van der Waals surface area contributed by atoms with Crippen LogP contribution < -0.4 is 5.32 Å². The van der Waals surface area contributed by atoms with E-state index < -0.39 is 0 Å². The number of thiazole rings is 1. The molecule has 17 heavy (non-hydrogen) atoms. The van der Waals surface area contributed by atoms with E-state index in [1.54, 1.807) is 18.3 Å². The molecule has 2 rings (SSSR count). The second-order valence-corrected chi connectivity index (χ2v) is 4.72. The quantitative estimate of drug-likeness (QED) is 0.825. The van der Waals surface area contributed by atoms with Crippen LogP contribution in [0.4, 0.5) is 5.69 Å². The number of rotatable bonds is 5. The van der Waals surface area contributed by atoms with Gasteiger partial charge in [0, 0.05) is 35.8 Å². The smallest absolute Gasteiger partial charge is 0.159 e. The van der Waals surface area contributed by atoms with Gasteiger partial charge in [0.1, 0.15) is 0 Å². The Balaban J connectivity index is 1.85. The highest BCUT2D eigenvalue weighted by Crippen LogP contribution is 2.11. The number of ketones is 1. The molecule has 1 aromatic heterocycles. The molecular weight excluding hydrogens is 232 g/mol. The zero-order valence-electron chi connectivity index (χ0n) is 9.64. The first kappa shape index (κ1) is 11.8. The van der Waals surface area contributed by atoms with E-state index in [1.165, 1.54) is 0 Å². The Morgan fingerprint density at radius 3 is 2.71 bits per heavy atom. The predicted molar refractivity (Wildman–Crippen MR) is 70.8 cm³/mol. The Bertz CT molecular complexity index is 477. The predicted octanol–water partition coefficient (Wildman–Crippen LogP) is 3.00. The van der Waals surface area contributed by atoms with Crippen molar-refractivity contribution in [3.63, 3.8) is 0 Å². The van der Waals surface area contributed by atoms with Gasteiger partial charge in [-0.25, -0.2) is 4.98 Å². The van der Waals surface area contributed by atoms with Crippen LogP contribution >= 0.6 is 11.3 Å². The third kappa shape index (κ3) is 3.39. The number of aromatic nitrogens is 1. The van der Waals surface area contributed by atoms with Crippen LogP contribution in [0, 0.1) is 0 Å². The second kappa shape index (κ2) is 5.59. The Kier molecular flexibility index (Phi) is 3.88. The third-order valence-corrected chi connectivity index (χ3v) is 3.28. The van der Waals surface area contributed by atoms with Crippen LogP contribution in [0.2, 0.25) is 0 Å². The van der Waals surface area contributed by atoms with Gasteiger partial charge in [-0.15, -0.1) is 11.3 Å². The number of nitrogens with zero attached hydrogens (tertiary/aromatic N) is 1. The number of carbonyl (C=O) groups excluding carboxylic acids is 1. The fourth-order valence-electron chi connectivity index (χ4n) is 1.51. The largest absolute Gasteiger partial charge is 0.385 e. The fourth-order valence-corrected chi connectivity index (χ4v) is 2.13. The minimum Gasteiger partial charge on any atom is -0.385 e. The maximum atomic E-state index is 11.1. The summed E-state index contributed by atoms with van der Waals surface area (Å²) in [5.41, 5.74) is 1.78. The maximum Gasteiger partial charge on any atom is 0.159 e. The van der Waals surface area contributed by atoms with Gasteiger partial charge >= 0.3 is 0 Å². The second-order valence-electron chi connectivity index (χ2n) is 3.74. The van der Waals surface area contributed by atoms with Crippen molar-refractivity contribution in [1.29, 1.82) is 0 Å². The van der Waals surface area contributed by atoms with E-state index in [9.17, 15) is 4.79 Å². The molecular formula is C13H14N2OS. The molecule has 0 spiro atoms. The molecule has 2 aromatic rings. The molecule has 0 aliphatic carbocycles. The Morgan fingerprint density at radius 1 is 1.35 bits per heavy atom. The van der Waals surface area contributed by atoms with Gasteiger partial charge in [-0.05, 0) is 31.2 Å². The minimum absolute atomic E-state index is 0.0966. The van der Waals surface area contributed by atoms with Crippen LogP contribution in [0.15, 0.2) is 35.8 Å². The lowest BCUT2D eigenvalue weighted by Crippen LogP contribution is -2.04. The summed E-state index contributed by atoms with van der Waals surface area (Å²) in [7, 11) is 0. The normalized spacial score (nSPS) is 10.2. The van der Waals surface area contributed by atoms with Gasteiger partial charge in [0.05, 0.1) is 5.01 Å². The molecule has 0 amide bonds. The topological polar surface area (TPSA) is 42.0 Å². The van der Waals surface area contributed by atoms with Gasteiger partial charge in [0.25, 0.3) is 0 Å². The first-order chi connectivity index (χ1) is 8.25. The van der Waals surface area contributed by atoms with Crippen LogP contribution in [0.5, 0.6) is 0 Å². The van der Waals surface area contributed by atoms with E-state index >= 15 is 0 Å². The first-order valence-electron chi connectivity index (χ1n) is 5.49. The molecule has 0 aliphatic heterocycles. The molecule has 0 saturated carbocycles. The molecule has 1 heterocycles. The van der Waals surface area contributed by atoms with Crippen LogP contribution in [0.3, 0.4) is 0 Å². The maximum absolute atomic E-state index is 11.1. The minimum atomic E-state index is 0.0966. The third-order valence-electron chi connectivity index (χ3n) is 2.44. The monoisotopic (exact) mass is 246 g/mol. The van der Waals surface area contributed by atoms with Gasteiger partial charge in [0.15, 0.2) is 5.78 Å². The number of carbonyl (C=O) groups is 1. The highest BCUT2D eigenvalue weighted by molar-refractivity contribution is 7.09. The Labute approximate surface area is 105 Å². The molecule has 0 radical (unpaired) electrons. The molecule has 88 valence electrons. The lowest BCUT2D eigenvalue weighted by molar-refractivity contribution is 0.101. The summed E-state index contributed by atoms with van der Waals surface area (Å²) in [6, 6.07) is 7.54. The van der Waals surface area contributed by atoms with Gasteiger partial charge in [-0.1, -0.05) is 0 Å². The Hall–Kier alpha value is -1.68. The molecule has 1 N–H and O–H groups in total. The molecule has 0 unspecified atom stereocenters. The van der Waals surface area contributed by atoms with Crippen molar-refractivity contribution in [1.82, 2.24) is 4.98 Å². The number of benzene rings is 1. The van der Waals surface area contributed by atoms with Gasteiger partial charge in [-0.2, -0.15) is 0 Å². The van der Waals surface area contributed by atoms with Gasteiger partial charge < -0.3 is 5.32 Å². The number of anilines is 1. The molecule has 0 fully saturated rings. The molecule has 3 nitrogen and oxygen atoms in total. The van der Waals surface area contributed by atoms with E-state index in [1.807, 2.05) is 35.8 Å². The van der Waals surface area contributed by atoms with Crippen LogP contribution in [0.25, 0.3) is 0 Å². The summed E-state index contributed by atoms with van der Waals surface area (Å²) in [5.74, 6) is 0.0966. The highest BCUT2D eigenvalue weighted by Gasteiger charge is 1.99.